The molecule has 0 unspecified atom stereocenters. The van der Waals surface area contributed by atoms with E-state index < -0.39 is 6.04 Å². The Labute approximate surface area is 165 Å². The first kappa shape index (κ1) is 19.9. The highest BCUT2D eigenvalue weighted by Crippen LogP contribution is 2.18. The summed E-state index contributed by atoms with van der Waals surface area (Å²) in [5, 5.41) is 0. The van der Waals surface area contributed by atoms with Crippen LogP contribution in [0.4, 0.5) is 0 Å². The average molecular weight is 382 g/mol. The molecular weight excluding hydrogens is 356 g/mol. The van der Waals surface area contributed by atoms with Crippen LogP contribution in [0, 0.1) is 0 Å². The summed E-state index contributed by atoms with van der Waals surface area (Å²) in [7, 11) is 1.61. The van der Waals surface area contributed by atoms with E-state index in [-0.39, 0.29) is 18.4 Å². The quantitative estimate of drug-likeness (QED) is 0.658. The zero-order valence-electron chi connectivity index (χ0n) is 16.3. The number of benzene rings is 2. The summed E-state index contributed by atoms with van der Waals surface area (Å²) in [6, 6.07) is 16.9. The Morgan fingerprint density at radius 1 is 1.00 bits per heavy atom. The molecule has 6 heteroatoms. The maximum absolute atomic E-state index is 12.7. The van der Waals surface area contributed by atoms with Crippen molar-refractivity contribution in [2.45, 2.75) is 26.1 Å². The number of methoxy groups -OCH3 is 1. The van der Waals surface area contributed by atoms with Gasteiger partial charge in [0.05, 0.1) is 20.3 Å². The van der Waals surface area contributed by atoms with Gasteiger partial charge in [0, 0.05) is 13.1 Å². The molecule has 0 saturated carbocycles. The van der Waals surface area contributed by atoms with Crippen LogP contribution in [0.3, 0.4) is 0 Å². The summed E-state index contributed by atoms with van der Waals surface area (Å²) in [4.78, 5) is 28.5. The molecule has 28 heavy (non-hydrogen) atoms. The van der Waals surface area contributed by atoms with Crippen molar-refractivity contribution in [3.05, 3.63) is 65.7 Å². The van der Waals surface area contributed by atoms with Crippen molar-refractivity contribution >= 4 is 11.8 Å². The van der Waals surface area contributed by atoms with Crippen LogP contribution in [0.2, 0.25) is 0 Å². The number of piperazine rings is 1. The monoisotopic (exact) mass is 382 g/mol. The van der Waals surface area contributed by atoms with E-state index in [1.807, 2.05) is 54.6 Å². The molecule has 0 N–H and O–H groups in total. The summed E-state index contributed by atoms with van der Waals surface area (Å²) in [6.45, 7) is 3.59. The second kappa shape index (κ2) is 9.37. The summed E-state index contributed by atoms with van der Waals surface area (Å²) in [6.07, 6.45) is 0. The maximum atomic E-state index is 12.7. The van der Waals surface area contributed by atoms with Crippen molar-refractivity contribution < 1.29 is 19.1 Å². The van der Waals surface area contributed by atoms with E-state index in [4.69, 9.17) is 9.47 Å². The molecule has 1 fully saturated rings. The van der Waals surface area contributed by atoms with Gasteiger partial charge in [-0.3, -0.25) is 9.59 Å². The lowest BCUT2D eigenvalue weighted by Crippen LogP contribution is -2.59. The highest BCUT2D eigenvalue weighted by molar-refractivity contribution is 5.94. The summed E-state index contributed by atoms with van der Waals surface area (Å²) in [5.41, 5.74) is 2.05. The minimum absolute atomic E-state index is 0.0431. The van der Waals surface area contributed by atoms with Crippen molar-refractivity contribution in [3.63, 3.8) is 0 Å². The van der Waals surface area contributed by atoms with Crippen molar-refractivity contribution in [2.75, 3.05) is 26.8 Å². The van der Waals surface area contributed by atoms with Crippen molar-refractivity contribution in [1.29, 1.82) is 0 Å². The van der Waals surface area contributed by atoms with E-state index in [1.165, 1.54) is 0 Å². The fourth-order valence-electron chi connectivity index (χ4n) is 3.28. The molecule has 2 aromatic rings. The summed E-state index contributed by atoms with van der Waals surface area (Å²) in [5.74, 6) is 0.669. The highest BCUT2D eigenvalue weighted by atomic mass is 16.5. The van der Waals surface area contributed by atoms with Crippen LogP contribution in [0.1, 0.15) is 18.1 Å². The summed E-state index contributed by atoms with van der Waals surface area (Å²) >= 11 is 0. The third kappa shape index (κ3) is 4.89. The van der Waals surface area contributed by atoms with Gasteiger partial charge in [-0.15, -0.1) is 0 Å². The normalized spacial score (nSPS) is 17.1. The standard InChI is InChI=1S/C22H26N2O4/c1-17-22(26)23(14-18-8-10-20(27-2)11-9-18)15-21(25)24(17)12-13-28-16-19-6-4-3-5-7-19/h3-11,17H,12-16H2,1-2H3/t17-/m0/s1. The van der Waals surface area contributed by atoms with Crippen molar-refractivity contribution in [2.24, 2.45) is 0 Å². The summed E-state index contributed by atoms with van der Waals surface area (Å²) < 4.78 is 10.8. The van der Waals surface area contributed by atoms with Crippen LogP contribution in [0.15, 0.2) is 54.6 Å². The highest BCUT2D eigenvalue weighted by Gasteiger charge is 2.36. The second-order valence-electron chi connectivity index (χ2n) is 6.84. The fourth-order valence-corrected chi connectivity index (χ4v) is 3.28. The van der Waals surface area contributed by atoms with Crippen molar-refractivity contribution in [1.82, 2.24) is 9.80 Å². The molecule has 1 heterocycles. The van der Waals surface area contributed by atoms with Crippen LogP contribution in [0.5, 0.6) is 5.75 Å². The molecule has 3 rings (SSSR count). The molecule has 0 aromatic heterocycles. The zero-order valence-corrected chi connectivity index (χ0v) is 16.3. The van der Waals surface area contributed by atoms with Gasteiger partial charge in [0.1, 0.15) is 18.3 Å². The minimum Gasteiger partial charge on any atom is -0.497 e. The lowest BCUT2D eigenvalue weighted by atomic mass is 10.1. The molecule has 6 nitrogen and oxygen atoms in total. The fraction of sp³-hybridized carbons (Fsp3) is 0.364. The Balaban J connectivity index is 1.51. The molecule has 1 aliphatic rings. The van der Waals surface area contributed by atoms with Gasteiger partial charge in [0.15, 0.2) is 0 Å². The lowest BCUT2D eigenvalue weighted by molar-refractivity contribution is -0.156. The molecular formula is C22H26N2O4. The molecule has 1 aliphatic heterocycles. The van der Waals surface area contributed by atoms with Crippen LogP contribution < -0.4 is 4.74 Å². The molecule has 148 valence electrons. The number of ether oxygens (including phenoxy) is 2. The first-order chi connectivity index (χ1) is 13.6. The maximum Gasteiger partial charge on any atom is 0.245 e. The van der Waals surface area contributed by atoms with Crippen LogP contribution in [-0.4, -0.2) is 54.5 Å². The van der Waals surface area contributed by atoms with Gasteiger partial charge in [-0.25, -0.2) is 0 Å². The number of amides is 2. The molecule has 0 aliphatic carbocycles. The van der Waals surface area contributed by atoms with Gasteiger partial charge < -0.3 is 19.3 Å². The van der Waals surface area contributed by atoms with E-state index in [2.05, 4.69) is 0 Å². The van der Waals surface area contributed by atoms with Gasteiger partial charge in [-0.2, -0.15) is 0 Å². The van der Waals surface area contributed by atoms with E-state index in [0.717, 1.165) is 16.9 Å². The molecule has 2 amide bonds. The largest absolute Gasteiger partial charge is 0.497 e. The topological polar surface area (TPSA) is 59.1 Å². The molecule has 1 saturated heterocycles. The molecule has 2 aromatic carbocycles. The number of carbonyl (C=O) groups excluding carboxylic acids is 2. The zero-order chi connectivity index (χ0) is 19.9. The lowest BCUT2D eigenvalue weighted by Gasteiger charge is -2.38. The number of hydrogen-bond acceptors (Lipinski definition) is 4. The Kier molecular flexibility index (Phi) is 6.66. The number of carbonyl (C=O) groups is 2. The number of nitrogens with zero attached hydrogens (tertiary/aromatic N) is 2. The first-order valence-electron chi connectivity index (χ1n) is 9.41. The van der Waals surface area contributed by atoms with Crippen LogP contribution >= 0.6 is 0 Å². The Morgan fingerprint density at radius 3 is 2.39 bits per heavy atom. The van der Waals surface area contributed by atoms with E-state index in [9.17, 15) is 9.59 Å². The Bertz CT molecular complexity index is 792. The second-order valence-corrected chi connectivity index (χ2v) is 6.84. The average Bonchev–Trinajstić information content (AvgIpc) is 2.72. The smallest absolute Gasteiger partial charge is 0.245 e. The van der Waals surface area contributed by atoms with Gasteiger partial charge in [0.2, 0.25) is 11.8 Å². The minimum atomic E-state index is -0.486. The molecule has 1 atom stereocenters. The van der Waals surface area contributed by atoms with Gasteiger partial charge >= 0.3 is 0 Å². The predicted molar refractivity (Wildman–Crippen MR) is 106 cm³/mol. The predicted octanol–water partition coefficient (Wildman–Crippen LogP) is 2.47. The van der Waals surface area contributed by atoms with Gasteiger partial charge in [0.25, 0.3) is 0 Å². The SMILES string of the molecule is COc1ccc(CN2CC(=O)N(CCOCc3ccccc3)[C@@H](C)C2=O)cc1. The van der Waals surface area contributed by atoms with E-state index in [1.54, 1.807) is 23.8 Å². The van der Waals surface area contributed by atoms with E-state index in [0.29, 0.717) is 26.3 Å². The molecule has 0 spiro atoms. The van der Waals surface area contributed by atoms with Gasteiger partial charge in [-0.1, -0.05) is 42.5 Å². The third-order valence-corrected chi connectivity index (χ3v) is 4.90. The first-order valence-corrected chi connectivity index (χ1v) is 9.41. The van der Waals surface area contributed by atoms with Crippen LogP contribution in [-0.2, 0) is 27.5 Å². The van der Waals surface area contributed by atoms with E-state index >= 15 is 0 Å². The van der Waals surface area contributed by atoms with Crippen molar-refractivity contribution in [3.8, 4) is 5.75 Å². The number of hydrogen-bond donors (Lipinski definition) is 0. The molecule has 0 bridgehead atoms. The Morgan fingerprint density at radius 2 is 1.71 bits per heavy atom. The Hall–Kier alpha value is -2.86. The van der Waals surface area contributed by atoms with Gasteiger partial charge in [-0.05, 0) is 30.2 Å². The molecule has 0 radical (unpaired) electrons. The number of rotatable bonds is 8. The third-order valence-electron chi connectivity index (χ3n) is 4.90. The van der Waals surface area contributed by atoms with Crippen LogP contribution in [0.25, 0.3) is 0 Å².